The van der Waals surface area contributed by atoms with E-state index in [0.29, 0.717) is 12.5 Å². The van der Waals surface area contributed by atoms with Gasteiger partial charge in [0.15, 0.2) is 0 Å². The third kappa shape index (κ3) is 2.38. The largest absolute Gasteiger partial charge is 0.480 e. The van der Waals surface area contributed by atoms with Crippen LogP contribution in [0.25, 0.3) is 0 Å². The summed E-state index contributed by atoms with van der Waals surface area (Å²) in [4.78, 5) is 13.5. The van der Waals surface area contributed by atoms with Crippen LogP contribution in [0.2, 0.25) is 0 Å². The van der Waals surface area contributed by atoms with Crippen LogP contribution in [0.3, 0.4) is 0 Å². The van der Waals surface area contributed by atoms with Crippen LogP contribution >= 0.6 is 0 Å². The van der Waals surface area contributed by atoms with Gasteiger partial charge < -0.3 is 9.84 Å². The third-order valence-corrected chi connectivity index (χ3v) is 3.66. The molecule has 2 aliphatic rings. The van der Waals surface area contributed by atoms with Crippen molar-refractivity contribution in [3.8, 4) is 0 Å². The molecule has 0 aromatic rings. The zero-order chi connectivity index (χ0) is 11.7. The highest BCUT2D eigenvalue weighted by molar-refractivity contribution is 5.74. The third-order valence-electron chi connectivity index (χ3n) is 3.66. The first-order valence-electron chi connectivity index (χ1n) is 6.23. The molecular weight excluding hydrogens is 206 g/mol. The number of carboxylic acids is 1. The van der Waals surface area contributed by atoms with E-state index in [0.717, 1.165) is 25.8 Å². The van der Waals surface area contributed by atoms with Crippen LogP contribution in [0.5, 0.6) is 0 Å². The number of aliphatic carboxylic acids is 1. The van der Waals surface area contributed by atoms with E-state index in [1.165, 1.54) is 0 Å². The Bertz CT molecular complexity index is 265. The van der Waals surface area contributed by atoms with Gasteiger partial charge in [0.05, 0.1) is 12.7 Å². The first kappa shape index (κ1) is 11.9. The van der Waals surface area contributed by atoms with Gasteiger partial charge in [-0.2, -0.15) is 0 Å². The number of morpholine rings is 1. The monoisotopic (exact) mass is 227 g/mol. The Morgan fingerprint density at radius 1 is 1.56 bits per heavy atom. The summed E-state index contributed by atoms with van der Waals surface area (Å²) in [6.07, 6.45) is 3.25. The van der Waals surface area contributed by atoms with Gasteiger partial charge in [-0.25, -0.2) is 0 Å². The number of hydrogen-bond acceptors (Lipinski definition) is 3. The van der Waals surface area contributed by atoms with E-state index in [2.05, 4.69) is 11.8 Å². The smallest absolute Gasteiger partial charge is 0.321 e. The highest BCUT2D eigenvalue weighted by Gasteiger charge is 2.44. The van der Waals surface area contributed by atoms with Crippen molar-refractivity contribution < 1.29 is 14.6 Å². The van der Waals surface area contributed by atoms with Gasteiger partial charge in [-0.1, -0.05) is 6.92 Å². The van der Waals surface area contributed by atoms with Crippen molar-refractivity contribution >= 4 is 5.97 Å². The predicted octanol–water partition coefficient (Wildman–Crippen LogP) is 1.35. The average Bonchev–Trinajstić information content (AvgIpc) is 3.02. The quantitative estimate of drug-likeness (QED) is 0.787. The minimum absolute atomic E-state index is 0.156. The molecule has 16 heavy (non-hydrogen) atoms. The SMILES string of the molecule is CCC1COC(C)CN1C(C(=O)O)C1CC1. The van der Waals surface area contributed by atoms with Crippen molar-refractivity contribution in [2.45, 2.75) is 51.3 Å². The second-order valence-corrected chi connectivity index (χ2v) is 5.02. The van der Waals surface area contributed by atoms with E-state index >= 15 is 0 Å². The highest BCUT2D eigenvalue weighted by Crippen LogP contribution is 2.37. The minimum atomic E-state index is -0.657. The van der Waals surface area contributed by atoms with Gasteiger partial charge in [0.1, 0.15) is 6.04 Å². The van der Waals surface area contributed by atoms with Gasteiger partial charge in [0.2, 0.25) is 0 Å². The molecule has 0 radical (unpaired) electrons. The van der Waals surface area contributed by atoms with Gasteiger partial charge in [-0.05, 0) is 32.1 Å². The summed E-state index contributed by atoms with van der Waals surface area (Å²) >= 11 is 0. The molecule has 3 atom stereocenters. The average molecular weight is 227 g/mol. The number of rotatable bonds is 4. The zero-order valence-electron chi connectivity index (χ0n) is 10.1. The van der Waals surface area contributed by atoms with Crippen LogP contribution in [0.15, 0.2) is 0 Å². The normalized spacial score (nSPS) is 33.6. The second-order valence-electron chi connectivity index (χ2n) is 5.02. The lowest BCUT2D eigenvalue weighted by atomic mass is 10.0. The molecule has 0 aromatic carbocycles. The van der Waals surface area contributed by atoms with Crippen LogP contribution in [0.1, 0.15) is 33.1 Å². The summed E-state index contributed by atoms with van der Waals surface area (Å²) in [5.41, 5.74) is 0. The standard InChI is InChI=1S/C12H21NO3/c1-3-10-7-16-8(2)6-13(10)11(12(14)15)9-4-5-9/h8-11H,3-7H2,1-2H3,(H,14,15). The van der Waals surface area contributed by atoms with Gasteiger partial charge >= 0.3 is 5.97 Å². The first-order valence-corrected chi connectivity index (χ1v) is 6.23. The summed E-state index contributed by atoms with van der Waals surface area (Å²) in [7, 11) is 0. The van der Waals surface area contributed by atoms with Crippen molar-refractivity contribution in [2.24, 2.45) is 5.92 Å². The summed E-state index contributed by atoms with van der Waals surface area (Å²) < 4.78 is 5.61. The van der Waals surface area contributed by atoms with E-state index in [4.69, 9.17) is 4.74 Å². The van der Waals surface area contributed by atoms with Crippen LogP contribution in [-0.4, -0.2) is 47.3 Å². The maximum absolute atomic E-state index is 11.4. The van der Waals surface area contributed by atoms with Gasteiger partial charge in [-0.3, -0.25) is 9.69 Å². The van der Waals surface area contributed by atoms with Crippen LogP contribution < -0.4 is 0 Å². The minimum Gasteiger partial charge on any atom is -0.480 e. The fourth-order valence-corrected chi connectivity index (χ4v) is 2.59. The Morgan fingerprint density at radius 2 is 2.25 bits per heavy atom. The molecule has 0 amide bonds. The van der Waals surface area contributed by atoms with E-state index in [1.807, 2.05) is 6.92 Å². The molecule has 2 fully saturated rings. The van der Waals surface area contributed by atoms with Crippen molar-refractivity contribution in [3.63, 3.8) is 0 Å². The van der Waals surface area contributed by atoms with Crippen molar-refractivity contribution in [1.29, 1.82) is 0 Å². The molecule has 1 aliphatic heterocycles. The van der Waals surface area contributed by atoms with E-state index in [-0.39, 0.29) is 18.2 Å². The number of ether oxygens (including phenoxy) is 1. The lowest BCUT2D eigenvalue weighted by molar-refractivity contribution is -0.151. The van der Waals surface area contributed by atoms with Crippen molar-refractivity contribution in [1.82, 2.24) is 4.90 Å². The van der Waals surface area contributed by atoms with Gasteiger partial charge in [0, 0.05) is 12.6 Å². The molecule has 0 aromatic heterocycles. The molecule has 1 heterocycles. The van der Waals surface area contributed by atoms with E-state index in [1.54, 1.807) is 0 Å². The predicted molar refractivity (Wildman–Crippen MR) is 60.3 cm³/mol. The Balaban J connectivity index is 2.09. The lowest BCUT2D eigenvalue weighted by Crippen LogP contribution is -2.56. The Kier molecular flexibility index (Phi) is 3.50. The summed E-state index contributed by atoms with van der Waals surface area (Å²) in [5.74, 6) is -0.285. The summed E-state index contributed by atoms with van der Waals surface area (Å²) in [5, 5.41) is 9.35. The van der Waals surface area contributed by atoms with Crippen molar-refractivity contribution in [3.05, 3.63) is 0 Å². The van der Waals surface area contributed by atoms with Crippen LogP contribution in [-0.2, 0) is 9.53 Å². The highest BCUT2D eigenvalue weighted by atomic mass is 16.5. The zero-order valence-corrected chi connectivity index (χ0v) is 10.1. The van der Waals surface area contributed by atoms with Gasteiger partial charge in [-0.15, -0.1) is 0 Å². The summed E-state index contributed by atoms with van der Waals surface area (Å²) in [6, 6.07) is -0.00537. The fraction of sp³-hybridized carbons (Fsp3) is 0.917. The molecule has 92 valence electrons. The molecule has 1 N–H and O–H groups in total. The molecule has 4 heteroatoms. The number of hydrogen-bond donors (Lipinski definition) is 1. The molecule has 1 saturated heterocycles. The number of carboxylic acid groups (broad SMARTS) is 1. The molecule has 0 spiro atoms. The Hall–Kier alpha value is -0.610. The molecule has 2 rings (SSSR count). The second kappa shape index (κ2) is 4.72. The summed E-state index contributed by atoms with van der Waals surface area (Å²) in [6.45, 7) is 5.55. The Labute approximate surface area is 96.6 Å². The fourth-order valence-electron chi connectivity index (χ4n) is 2.59. The van der Waals surface area contributed by atoms with Crippen LogP contribution in [0.4, 0.5) is 0 Å². The number of nitrogens with zero attached hydrogens (tertiary/aromatic N) is 1. The van der Waals surface area contributed by atoms with Gasteiger partial charge in [0.25, 0.3) is 0 Å². The molecule has 4 nitrogen and oxygen atoms in total. The molecule has 1 saturated carbocycles. The molecule has 1 aliphatic carbocycles. The van der Waals surface area contributed by atoms with Crippen molar-refractivity contribution in [2.75, 3.05) is 13.2 Å². The topological polar surface area (TPSA) is 49.8 Å². The maximum Gasteiger partial charge on any atom is 0.321 e. The first-order chi connectivity index (χ1) is 7.63. The van der Waals surface area contributed by atoms with Crippen LogP contribution in [0, 0.1) is 5.92 Å². The maximum atomic E-state index is 11.4. The number of carbonyl (C=O) groups is 1. The molecular formula is C12H21NO3. The Morgan fingerprint density at radius 3 is 2.75 bits per heavy atom. The van der Waals surface area contributed by atoms with E-state index in [9.17, 15) is 9.90 Å². The molecule has 3 unspecified atom stereocenters. The molecule has 0 bridgehead atoms. The lowest BCUT2D eigenvalue weighted by Gasteiger charge is -2.41. The van der Waals surface area contributed by atoms with E-state index < -0.39 is 5.97 Å².